The van der Waals surface area contributed by atoms with E-state index in [4.69, 9.17) is 4.42 Å². The average Bonchev–Trinajstić information content (AvgIpc) is 3.39. The third-order valence-electron chi connectivity index (χ3n) is 5.46. The first-order valence-electron chi connectivity index (χ1n) is 10.1. The number of quaternary nitrogens is 1. The maximum absolute atomic E-state index is 12.7. The van der Waals surface area contributed by atoms with Gasteiger partial charge in [-0.15, -0.1) is 0 Å². The Morgan fingerprint density at radius 2 is 1.83 bits per heavy atom. The van der Waals surface area contributed by atoms with Crippen LogP contribution < -0.4 is 10.2 Å². The number of hydrogen-bond acceptors (Lipinski definition) is 4. The maximum atomic E-state index is 12.7. The summed E-state index contributed by atoms with van der Waals surface area (Å²) in [6, 6.07) is 13.2. The molecule has 3 heterocycles. The number of piperazine rings is 1. The lowest BCUT2D eigenvalue weighted by atomic mass is 10.2. The minimum Gasteiger partial charge on any atom is -0.459 e. The molecule has 0 aliphatic carbocycles. The molecule has 0 bridgehead atoms. The van der Waals surface area contributed by atoms with Crippen LogP contribution in [0, 0.1) is 13.8 Å². The highest BCUT2D eigenvalue weighted by molar-refractivity contribution is 5.93. The standard InChI is InChI=1S/C22H25N5O3/c1-16-21(17(2)27(24-16)18-7-4-3-5-8-18)23-20(28)15-25-10-12-26(13-11-25)22(29)19-9-6-14-30-19/h3-9,14H,10-13,15H2,1-2H3,(H,23,28)/p+1. The predicted octanol–water partition coefficient (Wildman–Crippen LogP) is 1.06. The fraction of sp³-hybridized carbons (Fsp3) is 0.318. The summed E-state index contributed by atoms with van der Waals surface area (Å²) in [7, 11) is 0. The number of hydrogen-bond donors (Lipinski definition) is 2. The monoisotopic (exact) mass is 408 g/mol. The zero-order valence-electron chi connectivity index (χ0n) is 17.2. The Kier molecular flexibility index (Phi) is 5.67. The maximum Gasteiger partial charge on any atom is 0.289 e. The second kappa shape index (κ2) is 8.54. The van der Waals surface area contributed by atoms with Gasteiger partial charge in [0.05, 0.1) is 55.2 Å². The molecular weight excluding hydrogens is 382 g/mol. The van der Waals surface area contributed by atoms with E-state index < -0.39 is 0 Å². The molecule has 3 aromatic rings. The fourth-order valence-corrected chi connectivity index (χ4v) is 3.81. The molecule has 0 atom stereocenters. The van der Waals surface area contributed by atoms with Crippen molar-refractivity contribution in [2.75, 3.05) is 38.0 Å². The number of benzene rings is 1. The van der Waals surface area contributed by atoms with Gasteiger partial charge in [-0.3, -0.25) is 9.59 Å². The molecule has 0 radical (unpaired) electrons. The first-order chi connectivity index (χ1) is 14.5. The molecule has 1 saturated heterocycles. The Hall–Kier alpha value is -3.39. The van der Waals surface area contributed by atoms with Gasteiger partial charge in [0.25, 0.3) is 11.8 Å². The van der Waals surface area contributed by atoms with Crippen LogP contribution in [0.1, 0.15) is 21.9 Å². The zero-order valence-corrected chi connectivity index (χ0v) is 17.2. The minimum atomic E-state index is -0.0944. The predicted molar refractivity (Wildman–Crippen MR) is 112 cm³/mol. The largest absolute Gasteiger partial charge is 0.459 e. The number of para-hydroxylation sites is 1. The summed E-state index contributed by atoms with van der Waals surface area (Å²) >= 11 is 0. The zero-order chi connectivity index (χ0) is 21.1. The second-order valence-electron chi connectivity index (χ2n) is 7.54. The lowest BCUT2D eigenvalue weighted by Crippen LogP contribution is -3.15. The molecule has 0 saturated carbocycles. The quantitative estimate of drug-likeness (QED) is 0.661. The number of amides is 2. The van der Waals surface area contributed by atoms with Crippen molar-refractivity contribution in [2.45, 2.75) is 13.8 Å². The Bertz CT molecular complexity index is 1020. The van der Waals surface area contributed by atoms with Crippen molar-refractivity contribution < 1.29 is 18.9 Å². The Labute approximate surface area is 175 Å². The lowest BCUT2D eigenvalue weighted by molar-refractivity contribution is -0.895. The molecule has 8 nitrogen and oxygen atoms in total. The van der Waals surface area contributed by atoms with Gasteiger partial charge in [0, 0.05) is 0 Å². The smallest absolute Gasteiger partial charge is 0.289 e. The topological polar surface area (TPSA) is 84.8 Å². The van der Waals surface area contributed by atoms with Crippen LogP contribution in [0.5, 0.6) is 0 Å². The molecule has 2 N–H and O–H groups in total. The number of nitrogens with zero attached hydrogens (tertiary/aromatic N) is 3. The highest BCUT2D eigenvalue weighted by atomic mass is 16.3. The van der Waals surface area contributed by atoms with Gasteiger partial charge in [-0.05, 0) is 38.1 Å². The van der Waals surface area contributed by atoms with Crippen LogP contribution in [0.2, 0.25) is 0 Å². The summed E-state index contributed by atoms with van der Waals surface area (Å²) in [5.41, 5.74) is 3.40. The normalized spacial score (nSPS) is 14.7. The van der Waals surface area contributed by atoms with E-state index in [0.717, 1.165) is 40.8 Å². The van der Waals surface area contributed by atoms with E-state index in [1.54, 1.807) is 17.0 Å². The number of aromatic nitrogens is 2. The molecule has 2 amide bonds. The van der Waals surface area contributed by atoms with E-state index in [2.05, 4.69) is 10.4 Å². The van der Waals surface area contributed by atoms with Crippen LogP contribution in [0.15, 0.2) is 53.1 Å². The van der Waals surface area contributed by atoms with E-state index >= 15 is 0 Å². The molecule has 1 aromatic carbocycles. The molecule has 1 fully saturated rings. The van der Waals surface area contributed by atoms with Crippen molar-refractivity contribution in [1.82, 2.24) is 14.7 Å². The van der Waals surface area contributed by atoms with Crippen LogP contribution in [0.3, 0.4) is 0 Å². The van der Waals surface area contributed by atoms with Crippen LogP contribution in [-0.2, 0) is 4.79 Å². The van der Waals surface area contributed by atoms with E-state index in [1.165, 1.54) is 6.26 Å². The molecule has 30 heavy (non-hydrogen) atoms. The minimum absolute atomic E-state index is 0.0466. The van der Waals surface area contributed by atoms with E-state index in [0.29, 0.717) is 25.4 Å². The van der Waals surface area contributed by atoms with Crippen molar-refractivity contribution in [3.8, 4) is 5.69 Å². The SMILES string of the molecule is Cc1nn(-c2ccccc2)c(C)c1NC(=O)C[NH+]1CCN(C(=O)c2ccco2)CC1. The van der Waals surface area contributed by atoms with Gasteiger partial charge >= 0.3 is 0 Å². The van der Waals surface area contributed by atoms with Crippen molar-refractivity contribution in [3.63, 3.8) is 0 Å². The van der Waals surface area contributed by atoms with Crippen molar-refractivity contribution in [1.29, 1.82) is 0 Å². The first-order valence-corrected chi connectivity index (χ1v) is 10.1. The van der Waals surface area contributed by atoms with Gasteiger partial charge in [-0.1, -0.05) is 18.2 Å². The molecule has 0 spiro atoms. The molecular formula is C22H26N5O3+. The molecule has 4 rings (SSSR count). The van der Waals surface area contributed by atoms with Gasteiger partial charge in [-0.25, -0.2) is 4.68 Å². The fourth-order valence-electron chi connectivity index (χ4n) is 3.81. The summed E-state index contributed by atoms with van der Waals surface area (Å²) in [6.07, 6.45) is 1.50. The van der Waals surface area contributed by atoms with Crippen LogP contribution >= 0.6 is 0 Å². The number of rotatable bonds is 5. The Morgan fingerprint density at radius 3 is 2.50 bits per heavy atom. The molecule has 156 valence electrons. The van der Waals surface area contributed by atoms with Crippen molar-refractivity contribution in [3.05, 3.63) is 65.9 Å². The average molecular weight is 408 g/mol. The van der Waals surface area contributed by atoms with Crippen molar-refractivity contribution >= 4 is 17.5 Å². The summed E-state index contributed by atoms with van der Waals surface area (Å²) in [4.78, 5) is 28.0. The number of anilines is 1. The van der Waals surface area contributed by atoms with Crippen molar-refractivity contribution in [2.24, 2.45) is 0 Å². The molecule has 0 unspecified atom stereocenters. The van der Waals surface area contributed by atoms with Crippen LogP contribution in [-0.4, -0.2) is 59.2 Å². The van der Waals surface area contributed by atoms with Gasteiger partial charge in [0.15, 0.2) is 12.3 Å². The van der Waals surface area contributed by atoms with Gasteiger partial charge in [0.1, 0.15) is 0 Å². The summed E-state index contributed by atoms with van der Waals surface area (Å²) in [5.74, 6) is 0.218. The third-order valence-corrected chi connectivity index (χ3v) is 5.46. The van der Waals surface area contributed by atoms with E-state index in [-0.39, 0.29) is 11.8 Å². The van der Waals surface area contributed by atoms with Gasteiger partial charge in [0.2, 0.25) is 0 Å². The van der Waals surface area contributed by atoms with Gasteiger partial charge in [-0.2, -0.15) is 5.10 Å². The Balaban J connectivity index is 1.34. The molecule has 1 aliphatic heterocycles. The van der Waals surface area contributed by atoms with Gasteiger partial charge < -0.3 is 19.5 Å². The van der Waals surface area contributed by atoms with Crippen LogP contribution in [0.4, 0.5) is 5.69 Å². The Morgan fingerprint density at radius 1 is 1.10 bits per heavy atom. The van der Waals surface area contributed by atoms with E-state index in [1.807, 2.05) is 48.9 Å². The summed E-state index contributed by atoms with van der Waals surface area (Å²) < 4.78 is 7.04. The number of nitrogens with one attached hydrogen (secondary N) is 2. The number of aryl methyl sites for hydroxylation is 1. The number of carbonyl (C=O) groups excluding carboxylic acids is 2. The number of furan rings is 1. The summed E-state index contributed by atoms with van der Waals surface area (Å²) in [5, 5.41) is 7.61. The lowest BCUT2D eigenvalue weighted by Gasteiger charge is -2.31. The molecule has 8 heteroatoms. The number of carbonyl (C=O) groups is 2. The third kappa shape index (κ3) is 4.13. The summed E-state index contributed by atoms with van der Waals surface area (Å²) in [6.45, 7) is 6.86. The first kappa shape index (κ1) is 19.9. The molecule has 1 aliphatic rings. The molecule has 2 aromatic heterocycles. The highest BCUT2D eigenvalue weighted by Crippen LogP contribution is 2.22. The van der Waals surface area contributed by atoms with Crippen LogP contribution in [0.25, 0.3) is 5.69 Å². The highest BCUT2D eigenvalue weighted by Gasteiger charge is 2.27. The second-order valence-corrected chi connectivity index (χ2v) is 7.54. The van der Waals surface area contributed by atoms with E-state index in [9.17, 15) is 9.59 Å².